The van der Waals surface area contributed by atoms with Crippen molar-refractivity contribution in [3.8, 4) is 0 Å². The van der Waals surface area contributed by atoms with Gasteiger partial charge in [-0.1, -0.05) is 206 Å². The van der Waals surface area contributed by atoms with E-state index in [1.807, 2.05) is 0 Å². The smallest absolute Gasteiger partial charge is 0.326 e. The minimum absolute atomic E-state index is 0.118. The van der Waals surface area contributed by atoms with Gasteiger partial charge in [0.2, 0.25) is 0 Å². The SMILES string of the molecule is CCCCCCCCCCCCCCCCCCOC(=O)CCC(C(=O)OCCCCCCCCCCCCCCCCCC)S(=O)(=O)O. The summed E-state index contributed by atoms with van der Waals surface area (Å²) in [5.41, 5.74) is 0. The summed E-state index contributed by atoms with van der Waals surface area (Å²) in [7, 11) is -4.67. The molecule has 1 atom stereocenters. The van der Waals surface area contributed by atoms with Crippen molar-refractivity contribution < 1.29 is 32.0 Å². The maximum Gasteiger partial charge on any atom is 0.326 e. The Morgan fingerprint density at radius 3 is 1.00 bits per heavy atom. The molecule has 0 heterocycles. The van der Waals surface area contributed by atoms with E-state index in [0.29, 0.717) is 6.42 Å². The highest BCUT2D eigenvalue weighted by Crippen LogP contribution is 2.16. The zero-order chi connectivity index (χ0) is 36.1. The van der Waals surface area contributed by atoms with Gasteiger partial charge in [0.25, 0.3) is 10.1 Å². The van der Waals surface area contributed by atoms with Crippen molar-refractivity contribution in [2.75, 3.05) is 13.2 Å². The van der Waals surface area contributed by atoms with Crippen molar-refractivity contribution >= 4 is 22.1 Å². The molecule has 0 bridgehead atoms. The maximum atomic E-state index is 12.4. The van der Waals surface area contributed by atoms with E-state index in [1.54, 1.807) is 0 Å². The molecule has 0 aliphatic heterocycles. The standard InChI is InChI=1S/C41H80O7S/c1-3-5-7-9-11-13-15-17-19-21-23-25-27-29-31-33-37-47-40(42)36-35-39(49(44,45)46)41(43)48-38-34-32-30-28-26-24-22-20-18-16-14-12-10-8-6-4-2/h39H,3-38H2,1-2H3,(H,44,45,46). The second-order valence-corrected chi connectivity index (χ2v) is 16.1. The summed E-state index contributed by atoms with van der Waals surface area (Å²) in [5, 5.41) is -1.75. The molecule has 0 aromatic carbocycles. The van der Waals surface area contributed by atoms with E-state index in [-0.39, 0.29) is 26.1 Å². The lowest BCUT2D eigenvalue weighted by molar-refractivity contribution is -0.145. The Kier molecular flexibility index (Phi) is 35.8. The van der Waals surface area contributed by atoms with Gasteiger partial charge in [-0.25, -0.2) is 0 Å². The van der Waals surface area contributed by atoms with Crippen LogP contribution < -0.4 is 0 Å². The highest BCUT2D eigenvalue weighted by Gasteiger charge is 2.33. The molecule has 7 nitrogen and oxygen atoms in total. The quantitative estimate of drug-likeness (QED) is 0.0383. The predicted molar refractivity (Wildman–Crippen MR) is 206 cm³/mol. The van der Waals surface area contributed by atoms with Crippen LogP contribution in [0.2, 0.25) is 0 Å². The van der Waals surface area contributed by atoms with E-state index >= 15 is 0 Å². The summed E-state index contributed by atoms with van der Waals surface area (Å²) in [4.78, 5) is 24.5. The second-order valence-electron chi connectivity index (χ2n) is 14.5. The van der Waals surface area contributed by atoms with Crippen LogP contribution in [0, 0.1) is 0 Å². The fourth-order valence-electron chi connectivity index (χ4n) is 6.46. The molecule has 0 fully saturated rings. The van der Waals surface area contributed by atoms with Gasteiger partial charge >= 0.3 is 11.9 Å². The zero-order valence-electron chi connectivity index (χ0n) is 32.3. The number of carbonyl (C=O) groups is 2. The molecular formula is C41H80O7S. The second kappa shape index (κ2) is 36.6. The Balaban J connectivity index is 3.70. The molecule has 0 aromatic rings. The molecule has 0 rings (SSSR count). The third-order valence-corrected chi connectivity index (χ3v) is 10.9. The maximum absolute atomic E-state index is 12.4. The van der Waals surface area contributed by atoms with Crippen LogP contribution in [0.4, 0.5) is 0 Å². The summed E-state index contributed by atoms with van der Waals surface area (Å²) in [6.45, 7) is 4.93. The normalized spacial score (nSPS) is 12.3. The van der Waals surface area contributed by atoms with Gasteiger partial charge in [0.1, 0.15) is 0 Å². The number of hydrogen-bond donors (Lipinski definition) is 1. The largest absolute Gasteiger partial charge is 0.466 e. The van der Waals surface area contributed by atoms with E-state index in [9.17, 15) is 22.6 Å². The van der Waals surface area contributed by atoms with Crippen LogP contribution >= 0.6 is 0 Å². The molecule has 1 N–H and O–H groups in total. The molecule has 292 valence electrons. The summed E-state index contributed by atoms with van der Waals surface area (Å²) in [6.07, 6.45) is 39.6. The molecule has 0 radical (unpaired) electrons. The average molecular weight is 717 g/mol. The number of esters is 2. The van der Waals surface area contributed by atoms with Crippen molar-refractivity contribution in [2.45, 2.75) is 237 Å². The van der Waals surface area contributed by atoms with Crippen LogP contribution in [0.3, 0.4) is 0 Å². The topological polar surface area (TPSA) is 107 Å². The minimum atomic E-state index is -4.67. The number of ether oxygens (including phenoxy) is 2. The van der Waals surface area contributed by atoms with E-state index in [2.05, 4.69) is 13.8 Å². The number of hydrogen-bond acceptors (Lipinski definition) is 6. The van der Waals surface area contributed by atoms with Crippen LogP contribution in [-0.2, 0) is 29.2 Å². The first-order chi connectivity index (χ1) is 23.8. The van der Waals surface area contributed by atoms with Gasteiger partial charge in [0.15, 0.2) is 5.25 Å². The summed E-state index contributed by atoms with van der Waals surface area (Å²) in [5.74, 6) is -1.55. The molecule has 49 heavy (non-hydrogen) atoms. The molecule has 1 unspecified atom stereocenters. The summed E-state index contributed by atoms with van der Waals surface area (Å²) >= 11 is 0. The zero-order valence-corrected chi connectivity index (χ0v) is 33.2. The number of carbonyl (C=O) groups excluding carboxylic acids is 2. The monoisotopic (exact) mass is 717 g/mol. The van der Waals surface area contributed by atoms with E-state index in [1.165, 1.54) is 161 Å². The third-order valence-electron chi connectivity index (χ3n) is 9.74. The van der Waals surface area contributed by atoms with Crippen molar-refractivity contribution in [3.05, 3.63) is 0 Å². The fraction of sp³-hybridized carbons (Fsp3) is 0.951. The number of rotatable bonds is 39. The van der Waals surface area contributed by atoms with E-state index < -0.39 is 27.3 Å². The predicted octanol–water partition coefficient (Wildman–Crippen LogP) is 12.6. The van der Waals surface area contributed by atoms with Crippen molar-refractivity contribution in [2.24, 2.45) is 0 Å². The molecule has 0 saturated carbocycles. The van der Waals surface area contributed by atoms with Gasteiger partial charge in [-0.3, -0.25) is 14.1 Å². The van der Waals surface area contributed by atoms with Gasteiger partial charge in [0.05, 0.1) is 13.2 Å². The van der Waals surface area contributed by atoms with E-state index in [4.69, 9.17) is 9.47 Å². The van der Waals surface area contributed by atoms with Crippen molar-refractivity contribution in [1.82, 2.24) is 0 Å². The molecular weight excluding hydrogens is 637 g/mol. The highest BCUT2D eigenvalue weighted by molar-refractivity contribution is 7.87. The van der Waals surface area contributed by atoms with Gasteiger partial charge in [-0.15, -0.1) is 0 Å². The molecule has 0 aliphatic rings. The molecule has 0 aliphatic carbocycles. The first kappa shape index (κ1) is 47.8. The van der Waals surface area contributed by atoms with Crippen LogP contribution in [0.25, 0.3) is 0 Å². The lowest BCUT2D eigenvalue weighted by Crippen LogP contribution is -2.32. The third kappa shape index (κ3) is 35.1. The Morgan fingerprint density at radius 1 is 0.449 bits per heavy atom. The Hall–Kier alpha value is -1.15. The fourth-order valence-corrected chi connectivity index (χ4v) is 7.19. The summed E-state index contributed by atoms with van der Waals surface area (Å²) < 4.78 is 43.5. The Bertz CT molecular complexity index is 830. The van der Waals surface area contributed by atoms with Gasteiger partial charge in [0, 0.05) is 6.42 Å². The average Bonchev–Trinajstić information content (AvgIpc) is 3.07. The van der Waals surface area contributed by atoms with Crippen molar-refractivity contribution in [3.63, 3.8) is 0 Å². The molecule has 0 spiro atoms. The molecule has 8 heteroatoms. The molecule has 0 saturated heterocycles. The van der Waals surface area contributed by atoms with Crippen molar-refractivity contribution in [1.29, 1.82) is 0 Å². The van der Waals surface area contributed by atoms with E-state index in [0.717, 1.165) is 38.5 Å². The van der Waals surface area contributed by atoms with Gasteiger partial charge < -0.3 is 9.47 Å². The Morgan fingerprint density at radius 2 is 0.714 bits per heavy atom. The number of unbranched alkanes of at least 4 members (excludes halogenated alkanes) is 30. The van der Waals surface area contributed by atoms with Crippen LogP contribution in [0.15, 0.2) is 0 Å². The lowest BCUT2D eigenvalue weighted by atomic mass is 10.0. The first-order valence-corrected chi connectivity index (χ1v) is 22.6. The molecule has 0 aromatic heterocycles. The van der Waals surface area contributed by atoms with Crippen LogP contribution in [0.5, 0.6) is 0 Å². The van der Waals surface area contributed by atoms with Crippen LogP contribution in [0.1, 0.15) is 232 Å². The Labute approximate surface area is 304 Å². The highest BCUT2D eigenvalue weighted by atomic mass is 32.2. The van der Waals surface area contributed by atoms with Gasteiger partial charge in [-0.05, 0) is 19.3 Å². The summed E-state index contributed by atoms with van der Waals surface area (Å²) in [6, 6.07) is 0. The first-order valence-electron chi connectivity index (χ1n) is 21.1. The minimum Gasteiger partial charge on any atom is -0.466 e. The lowest BCUT2D eigenvalue weighted by Gasteiger charge is -2.13. The van der Waals surface area contributed by atoms with Gasteiger partial charge in [-0.2, -0.15) is 8.42 Å². The van der Waals surface area contributed by atoms with Crippen LogP contribution in [-0.4, -0.2) is 43.4 Å². The molecule has 0 amide bonds.